The van der Waals surface area contributed by atoms with E-state index in [1.54, 1.807) is 18.3 Å². The third kappa shape index (κ3) is 3.99. The molecule has 0 saturated heterocycles. The maximum Gasteiger partial charge on any atom is 0.237 e. The van der Waals surface area contributed by atoms with Gasteiger partial charge >= 0.3 is 0 Å². The number of anilines is 1. The van der Waals surface area contributed by atoms with Crippen molar-refractivity contribution >= 4 is 35.0 Å². The standard InChI is InChI=1S/C15H15ClN2OS/c1-10-5-7-12(8-6-10)20-11(2)15(19)18-13-4-3-9-17-14(13)16/h3-9,11H,1-2H3,(H,18,19). The molecule has 1 atom stereocenters. The minimum Gasteiger partial charge on any atom is -0.322 e. The number of amides is 1. The van der Waals surface area contributed by atoms with Crippen molar-refractivity contribution in [1.29, 1.82) is 0 Å². The fraction of sp³-hybridized carbons (Fsp3) is 0.200. The van der Waals surface area contributed by atoms with Crippen LogP contribution in [-0.2, 0) is 4.79 Å². The van der Waals surface area contributed by atoms with Gasteiger partial charge in [0, 0.05) is 11.1 Å². The molecule has 1 heterocycles. The predicted molar refractivity (Wildman–Crippen MR) is 84.4 cm³/mol. The summed E-state index contributed by atoms with van der Waals surface area (Å²) in [6.45, 7) is 3.90. The molecule has 3 nitrogen and oxygen atoms in total. The van der Waals surface area contributed by atoms with Crippen molar-refractivity contribution in [2.75, 3.05) is 5.32 Å². The van der Waals surface area contributed by atoms with Gasteiger partial charge in [0.15, 0.2) is 5.15 Å². The summed E-state index contributed by atoms with van der Waals surface area (Å²) in [5, 5.41) is 2.87. The lowest BCUT2D eigenvalue weighted by atomic mass is 10.2. The Bertz CT molecular complexity index is 601. The Kier molecular flexibility index (Phi) is 5.04. The Morgan fingerprint density at radius 1 is 1.30 bits per heavy atom. The van der Waals surface area contributed by atoms with Gasteiger partial charge in [-0.05, 0) is 38.1 Å². The lowest BCUT2D eigenvalue weighted by Crippen LogP contribution is -2.22. The maximum absolute atomic E-state index is 12.1. The zero-order valence-electron chi connectivity index (χ0n) is 11.3. The van der Waals surface area contributed by atoms with Gasteiger partial charge in [0.1, 0.15) is 0 Å². The molecular formula is C15H15ClN2OS. The fourth-order valence-electron chi connectivity index (χ4n) is 1.59. The summed E-state index contributed by atoms with van der Waals surface area (Å²) in [6.07, 6.45) is 1.59. The molecule has 0 saturated carbocycles. The highest BCUT2D eigenvalue weighted by Gasteiger charge is 2.15. The van der Waals surface area contributed by atoms with Gasteiger partial charge in [0.05, 0.1) is 10.9 Å². The van der Waals surface area contributed by atoms with Crippen molar-refractivity contribution in [3.8, 4) is 0 Å². The van der Waals surface area contributed by atoms with E-state index >= 15 is 0 Å². The maximum atomic E-state index is 12.1. The number of thioether (sulfide) groups is 1. The van der Waals surface area contributed by atoms with Crippen LogP contribution < -0.4 is 5.32 Å². The van der Waals surface area contributed by atoms with Gasteiger partial charge in [-0.2, -0.15) is 0 Å². The Hall–Kier alpha value is -1.52. The van der Waals surface area contributed by atoms with E-state index in [-0.39, 0.29) is 11.2 Å². The van der Waals surface area contributed by atoms with Crippen LogP contribution in [-0.4, -0.2) is 16.1 Å². The number of aromatic nitrogens is 1. The van der Waals surface area contributed by atoms with E-state index in [1.807, 2.05) is 38.1 Å². The zero-order valence-corrected chi connectivity index (χ0v) is 12.8. The van der Waals surface area contributed by atoms with E-state index in [4.69, 9.17) is 11.6 Å². The third-order valence-electron chi connectivity index (χ3n) is 2.72. The van der Waals surface area contributed by atoms with Crippen LogP contribution in [0.4, 0.5) is 5.69 Å². The number of carbonyl (C=O) groups is 1. The van der Waals surface area contributed by atoms with Gasteiger partial charge in [-0.1, -0.05) is 29.3 Å². The second kappa shape index (κ2) is 6.77. The van der Waals surface area contributed by atoms with Crippen molar-refractivity contribution < 1.29 is 4.79 Å². The van der Waals surface area contributed by atoms with Crippen LogP contribution >= 0.6 is 23.4 Å². The highest BCUT2D eigenvalue weighted by atomic mass is 35.5. The van der Waals surface area contributed by atoms with Crippen LogP contribution in [0.3, 0.4) is 0 Å². The van der Waals surface area contributed by atoms with Gasteiger partial charge < -0.3 is 5.32 Å². The minimum absolute atomic E-state index is 0.0922. The molecule has 0 aliphatic heterocycles. The molecule has 0 bridgehead atoms. The molecule has 5 heteroatoms. The summed E-state index contributed by atoms with van der Waals surface area (Å²) in [7, 11) is 0. The van der Waals surface area contributed by atoms with E-state index in [2.05, 4.69) is 10.3 Å². The summed E-state index contributed by atoms with van der Waals surface area (Å²) in [5.41, 5.74) is 1.74. The van der Waals surface area contributed by atoms with E-state index in [1.165, 1.54) is 17.3 Å². The number of pyridine rings is 1. The summed E-state index contributed by atoms with van der Waals surface area (Å²) >= 11 is 7.43. The fourth-order valence-corrected chi connectivity index (χ4v) is 2.62. The molecule has 0 spiro atoms. The molecule has 0 aliphatic carbocycles. The number of halogens is 1. The molecule has 1 aromatic carbocycles. The number of carbonyl (C=O) groups excluding carboxylic acids is 1. The van der Waals surface area contributed by atoms with E-state index in [0.29, 0.717) is 10.8 Å². The summed E-state index contributed by atoms with van der Waals surface area (Å²) in [5.74, 6) is -0.0922. The minimum atomic E-state index is -0.214. The van der Waals surface area contributed by atoms with Crippen molar-refractivity contribution in [3.05, 3.63) is 53.3 Å². The van der Waals surface area contributed by atoms with Crippen LogP contribution in [0.5, 0.6) is 0 Å². The molecule has 1 N–H and O–H groups in total. The van der Waals surface area contributed by atoms with Crippen molar-refractivity contribution in [2.24, 2.45) is 0 Å². The zero-order chi connectivity index (χ0) is 14.5. The first-order valence-electron chi connectivity index (χ1n) is 6.21. The second-order valence-electron chi connectivity index (χ2n) is 4.40. The Labute approximate surface area is 127 Å². The van der Waals surface area contributed by atoms with Crippen molar-refractivity contribution in [1.82, 2.24) is 4.98 Å². The van der Waals surface area contributed by atoms with E-state index in [0.717, 1.165) is 4.90 Å². The van der Waals surface area contributed by atoms with E-state index in [9.17, 15) is 4.79 Å². The largest absolute Gasteiger partial charge is 0.322 e. The molecule has 2 aromatic rings. The molecular weight excluding hydrogens is 292 g/mol. The Morgan fingerprint density at radius 3 is 2.65 bits per heavy atom. The summed E-state index contributed by atoms with van der Waals surface area (Å²) in [6, 6.07) is 11.6. The van der Waals surface area contributed by atoms with Gasteiger partial charge in [-0.25, -0.2) is 4.98 Å². The Morgan fingerprint density at radius 2 is 2.00 bits per heavy atom. The molecule has 1 aromatic heterocycles. The average molecular weight is 307 g/mol. The second-order valence-corrected chi connectivity index (χ2v) is 6.18. The number of nitrogens with one attached hydrogen (secondary N) is 1. The molecule has 104 valence electrons. The molecule has 1 unspecified atom stereocenters. The number of nitrogens with zero attached hydrogens (tertiary/aromatic N) is 1. The normalized spacial score (nSPS) is 11.9. The van der Waals surface area contributed by atoms with Crippen LogP contribution in [0.25, 0.3) is 0 Å². The molecule has 2 rings (SSSR count). The number of hydrogen-bond acceptors (Lipinski definition) is 3. The lowest BCUT2D eigenvalue weighted by molar-refractivity contribution is -0.115. The van der Waals surface area contributed by atoms with Crippen LogP contribution in [0, 0.1) is 6.92 Å². The molecule has 0 radical (unpaired) electrons. The molecule has 0 fully saturated rings. The smallest absolute Gasteiger partial charge is 0.237 e. The molecule has 1 amide bonds. The van der Waals surface area contributed by atoms with Crippen molar-refractivity contribution in [2.45, 2.75) is 24.0 Å². The first-order chi connectivity index (χ1) is 9.56. The van der Waals surface area contributed by atoms with Gasteiger partial charge in [0.25, 0.3) is 0 Å². The highest BCUT2D eigenvalue weighted by molar-refractivity contribution is 8.00. The van der Waals surface area contributed by atoms with Crippen LogP contribution in [0.2, 0.25) is 5.15 Å². The SMILES string of the molecule is Cc1ccc(SC(C)C(=O)Nc2cccnc2Cl)cc1. The average Bonchev–Trinajstić information content (AvgIpc) is 2.44. The van der Waals surface area contributed by atoms with Gasteiger partial charge in [-0.3, -0.25) is 4.79 Å². The lowest BCUT2D eigenvalue weighted by Gasteiger charge is -2.12. The number of benzene rings is 1. The van der Waals surface area contributed by atoms with Gasteiger partial charge in [0.2, 0.25) is 5.91 Å². The topological polar surface area (TPSA) is 42.0 Å². The molecule has 20 heavy (non-hydrogen) atoms. The molecule has 0 aliphatic rings. The highest BCUT2D eigenvalue weighted by Crippen LogP contribution is 2.25. The first-order valence-corrected chi connectivity index (χ1v) is 7.47. The van der Waals surface area contributed by atoms with Crippen LogP contribution in [0.15, 0.2) is 47.5 Å². The quantitative estimate of drug-likeness (QED) is 0.681. The first kappa shape index (κ1) is 14.9. The summed E-state index contributed by atoms with van der Waals surface area (Å²) < 4.78 is 0. The number of aryl methyl sites for hydroxylation is 1. The number of hydrogen-bond donors (Lipinski definition) is 1. The monoisotopic (exact) mass is 306 g/mol. The predicted octanol–water partition coefficient (Wildman–Crippen LogP) is 4.16. The van der Waals surface area contributed by atoms with Gasteiger partial charge in [-0.15, -0.1) is 11.8 Å². The van der Waals surface area contributed by atoms with Crippen molar-refractivity contribution in [3.63, 3.8) is 0 Å². The van der Waals surface area contributed by atoms with Crippen LogP contribution in [0.1, 0.15) is 12.5 Å². The summed E-state index contributed by atoms with van der Waals surface area (Å²) in [4.78, 5) is 17.1. The Balaban J connectivity index is 1.99. The van der Waals surface area contributed by atoms with E-state index < -0.39 is 0 Å². The third-order valence-corrected chi connectivity index (χ3v) is 4.13. The number of rotatable bonds is 4.